The van der Waals surface area contributed by atoms with E-state index >= 15 is 0 Å². The maximum Gasteiger partial charge on any atom is 0.254 e. The summed E-state index contributed by atoms with van der Waals surface area (Å²) in [6.07, 6.45) is -0.328. The summed E-state index contributed by atoms with van der Waals surface area (Å²) in [5.41, 5.74) is 2.80. The van der Waals surface area contributed by atoms with Crippen LogP contribution in [-0.4, -0.2) is 59.6 Å². The van der Waals surface area contributed by atoms with Crippen molar-refractivity contribution in [2.24, 2.45) is 0 Å². The molecule has 24 heavy (non-hydrogen) atoms. The number of piperazine rings is 1. The number of hydrogen-bond donors (Lipinski definition) is 1. The van der Waals surface area contributed by atoms with Crippen LogP contribution in [0, 0.1) is 0 Å². The largest absolute Gasteiger partial charge is 0.392 e. The molecule has 1 amide bonds. The molecule has 0 aromatic heterocycles. The molecule has 3 rings (SSSR count). The molecule has 0 bridgehead atoms. The van der Waals surface area contributed by atoms with Gasteiger partial charge in [0.2, 0.25) is 0 Å². The van der Waals surface area contributed by atoms with Crippen LogP contribution in [-0.2, 0) is 0 Å². The van der Waals surface area contributed by atoms with E-state index in [0.29, 0.717) is 19.6 Å². The monoisotopic (exact) mass is 324 g/mol. The highest BCUT2D eigenvalue weighted by molar-refractivity contribution is 6.00. The molecule has 1 saturated heterocycles. The summed E-state index contributed by atoms with van der Waals surface area (Å²) in [6.45, 7) is 5.49. The lowest BCUT2D eigenvalue weighted by Crippen LogP contribution is -2.50. The van der Waals surface area contributed by atoms with Gasteiger partial charge < -0.3 is 10.0 Å². The smallest absolute Gasteiger partial charge is 0.254 e. The second-order valence-corrected chi connectivity index (χ2v) is 6.35. The zero-order chi connectivity index (χ0) is 16.9. The third-order valence-electron chi connectivity index (χ3n) is 4.42. The SMILES string of the molecule is C[C@@H](O)CN1CCN(C(=O)c2ccccc2-c2ccccc2)CC1. The van der Waals surface area contributed by atoms with Gasteiger partial charge in [-0.05, 0) is 24.1 Å². The van der Waals surface area contributed by atoms with Crippen LogP contribution in [0.15, 0.2) is 54.6 Å². The van der Waals surface area contributed by atoms with E-state index in [0.717, 1.165) is 29.8 Å². The summed E-state index contributed by atoms with van der Waals surface area (Å²) in [5.74, 6) is 0.0890. The predicted molar refractivity (Wildman–Crippen MR) is 95.9 cm³/mol. The highest BCUT2D eigenvalue weighted by atomic mass is 16.3. The molecule has 4 nitrogen and oxygen atoms in total. The Morgan fingerprint density at radius 1 is 1.00 bits per heavy atom. The van der Waals surface area contributed by atoms with Crippen LogP contribution < -0.4 is 0 Å². The van der Waals surface area contributed by atoms with Crippen molar-refractivity contribution < 1.29 is 9.90 Å². The summed E-state index contributed by atoms with van der Waals surface area (Å²) in [6, 6.07) is 17.8. The quantitative estimate of drug-likeness (QED) is 0.940. The topological polar surface area (TPSA) is 43.8 Å². The molecular formula is C20H24N2O2. The van der Waals surface area contributed by atoms with Crippen molar-refractivity contribution in [1.82, 2.24) is 9.80 Å². The minimum atomic E-state index is -0.328. The molecule has 0 spiro atoms. The van der Waals surface area contributed by atoms with Gasteiger partial charge in [0.25, 0.3) is 5.91 Å². The molecule has 1 atom stereocenters. The molecule has 0 unspecified atom stereocenters. The van der Waals surface area contributed by atoms with Crippen LogP contribution in [0.4, 0.5) is 0 Å². The van der Waals surface area contributed by atoms with Crippen molar-refractivity contribution in [1.29, 1.82) is 0 Å². The van der Waals surface area contributed by atoms with Crippen molar-refractivity contribution in [2.45, 2.75) is 13.0 Å². The number of β-amino-alcohol motifs (C(OH)–C–C–N with tert-alkyl or cyclic N) is 1. The summed E-state index contributed by atoms with van der Waals surface area (Å²) >= 11 is 0. The summed E-state index contributed by atoms with van der Waals surface area (Å²) < 4.78 is 0. The van der Waals surface area contributed by atoms with Gasteiger partial charge in [-0.3, -0.25) is 9.69 Å². The van der Waals surface area contributed by atoms with Gasteiger partial charge in [-0.2, -0.15) is 0 Å². The number of aliphatic hydroxyl groups is 1. The zero-order valence-electron chi connectivity index (χ0n) is 14.1. The standard InChI is InChI=1S/C20H24N2O2/c1-16(23)15-21-11-13-22(14-12-21)20(24)19-10-6-5-9-18(19)17-7-3-2-4-8-17/h2-10,16,23H,11-15H2,1H3/t16-/m1/s1. The van der Waals surface area contributed by atoms with E-state index in [9.17, 15) is 9.90 Å². The van der Waals surface area contributed by atoms with Crippen LogP contribution in [0.2, 0.25) is 0 Å². The number of amides is 1. The third kappa shape index (κ3) is 3.83. The van der Waals surface area contributed by atoms with E-state index in [1.165, 1.54) is 0 Å². The first-order chi connectivity index (χ1) is 11.6. The van der Waals surface area contributed by atoms with Gasteiger partial charge in [-0.15, -0.1) is 0 Å². The molecule has 4 heteroatoms. The molecule has 1 aliphatic rings. The van der Waals surface area contributed by atoms with Crippen molar-refractivity contribution in [3.05, 3.63) is 60.2 Å². The maximum atomic E-state index is 13.0. The highest BCUT2D eigenvalue weighted by Crippen LogP contribution is 2.25. The van der Waals surface area contributed by atoms with Gasteiger partial charge in [0.05, 0.1) is 6.10 Å². The number of benzene rings is 2. The molecule has 2 aromatic carbocycles. The van der Waals surface area contributed by atoms with Crippen LogP contribution in [0.5, 0.6) is 0 Å². The van der Waals surface area contributed by atoms with Gasteiger partial charge in [-0.25, -0.2) is 0 Å². The summed E-state index contributed by atoms with van der Waals surface area (Å²) in [5, 5.41) is 9.50. The second kappa shape index (κ2) is 7.60. The molecule has 0 saturated carbocycles. The lowest BCUT2D eigenvalue weighted by Gasteiger charge is -2.35. The van der Waals surface area contributed by atoms with E-state index in [-0.39, 0.29) is 12.0 Å². The Hall–Kier alpha value is -2.17. The highest BCUT2D eigenvalue weighted by Gasteiger charge is 2.24. The summed E-state index contributed by atoms with van der Waals surface area (Å²) in [4.78, 5) is 17.1. The van der Waals surface area contributed by atoms with Crippen molar-refractivity contribution >= 4 is 5.91 Å². The van der Waals surface area contributed by atoms with E-state index in [1.54, 1.807) is 6.92 Å². The molecule has 1 heterocycles. The van der Waals surface area contributed by atoms with Crippen molar-refractivity contribution in [3.8, 4) is 11.1 Å². The Balaban J connectivity index is 1.75. The number of nitrogens with zero attached hydrogens (tertiary/aromatic N) is 2. The lowest BCUT2D eigenvalue weighted by atomic mass is 9.98. The Kier molecular flexibility index (Phi) is 5.28. The number of carbonyl (C=O) groups excluding carboxylic acids is 1. The van der Waals surface area contributed by atoms with Gasteiger partial charge in [0.15, 0.2) is 0 Å². The second-order valence-electron chi connectivity index (χ2n) is 6.35. The first-order valence-electron chi connectivity index (χ1n) is 8.49. The zero-order valence-corrected chi connectivity index (χ0v) is 14.1. The maximum absolute atomic E-state index is 13.0. The molecule has 1 fully saturated rings. The van der Waals surface area contributed by atoms with Crippen molar-refractivity contribution in [3.63, 3.8) is 0 Å². The van der Waals surface area contributed by atoms with Crippen LogP contribution in [0.3, 0.4) is 0 Å². The fraction of sp³-hybridized carbons (Fsp3) is 0.350. The molecule has 0 aliphatic carbocycles. The Labute approximate surface area is 143 Å². The number of rotatable bonds is 4. The van der Waals surface area contributed by atoms with E-state index in [4.69, 9.17) is 0 Å². The molecule has 1 N–H and O–H groups in total. The molecular weight excluding hydrogens is 300 g/mol. The number of hydrogen-bond acceptors (Lipinski definition) is 3. The third-order valence-corrected chi connectivity index (χ3v) is 4.42. The fourth-order valence-electron chi connectivity index (χ4n) is 3.22. The lowest BCUT2D eigenvalue weighted by molar-refractivity contribution is 0.0555. The van der Waals surface area contributed by atoms with Crippen LogP contribution in [0.1, 0.15) is 17.3 Å². The van der Waals surface area contributed by atoms with E-state index in [2.05, 4.69) is 4.90 Å². The van der Waals surface area contributed by atoms with Crippen LogP contribution >= 0.6 is 0 Å². The Morgan fingerprint density at radius 2 is 1.62 bits per heavy atom. The molecule has 126 valence electrons. The summed E-state index contributed by atoms with van der Waals surface area (Å²) in [7, 11) is 0. The first kappa shape index (κ1) is 16.7. The fourth-order valence-corrected chi connectivity index (χ4v) is 3.22. The van der Waals surface area contributed by atoms with Crippen LogP contribution in [0.25, 0.3) is 11.1 Å². The molecule has 1 aliphatic heterocycles. The van der Waals surface area contributed by atoms with E-state index < -0.39 is 0 Å². The van der Waals surface area contributed by atoms with Gasteiger partial charge in [0, 0.05) is 38.3 Å². The number of carbonyl (C=O) groups is 1. The average molecular weight is 324 g/mol. The molecule has 0 radical (unpaired) electrons. The van der Waals surface area contributed by atoms with E-state index in [1.807, 2.05) is 59.5 Å². The molecule has 2 aromatic rings. The van der Waals surface area contributed by atoms with Gasteiger partial charge >= 0.3 is 0 Å². The first-order valence-corrected chi connectivity index (χ1v) is 8.49. The Morgan fingerprint density at radius 3 is 2.29 bits per heavy atom. The predicted octanol–water partition coefficient (Wildman–Crippen LogP) is 2.49. The van der Waals surface area contributed by atoms with Gasteiger partial charge in [0.1, 0.15) is 0 Å². The average Bonchev–Trinajstić information content (AvgIpc) is 2.62. The normalized spacial score (nSPS) is 16.8. The minimum absolute atomic E-state index is 0.0890. The Bertz CT molecular complexity index is 677. The minimum Gasteiger partial charge on any atom is -0.392 e. The van der Waals surface area contributed by atoms with Gasteiger partial charge in [-0.1, -0.05) is 48.5 Å². The number of aliphatic hydroxyl groups excluding tert-OH is 1. The van der Waals surface area contributed by atoms with Crippen molar-refractivity contribution in [2.75, 3.05) is 32.7 Å².